The molecule has 0 spiro atoms. The van der Waals surface area contributed by atoms with Crippen LogP contribution in [0, 0.1) is 11.6 Å². The second kappa shape index (κ2) is 5.99. The maximum absolute atomic E-state index is 13.9. The van der Waals surface area contributed by atoms with Crippen LogP contribution in [0.4, 0.5) is 8.78 Å². The van der Waals surface area contributed by atoms with Crippen LogP contribution in [0.5, 0.6) is 0 Å². The van der Waals surface area contributed by atoms with Gasteiger partial charge in [-0.25, -0.2) is 13.6 Å². The smallest absolute Gasteiger partial charge is 0.336 e. The molecule has 1 N–H and O–H groups in total. The molecular formula is C20H17F2NO2. The number of hydrogen-bond acceptors (Lipinski definition) is 1. The molecule has 128 valence electrons. The molecule has 0 bridgehead atoms. The molecule has 1 heterocycles. The van der Waals surface area contributed by atoms with Gasteiger partial charge in [0.15, 0.2) is 11.6 Å². The predicted octanol–water partition coefficient (Wildman–Crippen LogP) is 4.54. The fourth-order valence-corrected chi connectivity index (χ4v) is 3.84. The van der Waals surface area contributed by atoms with Crippen molar-refractivity contribution in [2.45, 2.75) is 32.2 Å². The van der Waals surface area contributed by atoms with Crippen molar-refractivity contribution in [3.8, 4) is 0 Å². The minimum atomic E-state index is -0.988. The Morgan fingerprint density at radius 1 is 1.08 bits per heavy atom. The number of halogens is 2. The zero-order valence-corrected chi connectivity index (χ0v) is 13.6. The molecule has 3 aromatic rings. The molecule has 1 aliphatic carbocycles. The number of benzene rings is 2. The molecule has 0 radical (unpaired) electrons. The molecule has 25 heavy (non-hydrogen) atoms. The molecule has 0 fully saturated rings. The lowest BCUT2D eigenvalue weighted by molar-refractivity contribution is 0.0695. The van der Waals surface area contributed by atoms with E-state index in [1.54, 1.807) is 24.3 Å². The van der Waals surface area contributed by atoms with Crippen molar-refractivity contribution < 1.29 is 18.7 Å². The normalized spacial score (nSPS) is 13.8. The Bertz CT molecular complexity index is 991. The summed E-state index contributed by atoms with van der Waals surface area (Å²) < 4.78 is 29.6. The zero-order valence-electron chi connectivity index (χ0n) is 13.6. The van der Waals surface area contributed by atoms with E-state index in [2.05, 4.69) is 0 Å². The van der Waals surface area contributed by atoms with Crippen molar-refractivity contribution in [2.75, 3.05) is 0 Å². The van der Waals surface area contributed by atoms with Gasteiger partial charge in [-0.1, -0.05) is 18.2 Å². The number of carboxylic acids is 1. The van der Waals surface area contributed by atoms with Crippen LogP contribution in [0.2, 0.25) is 0 Å². The first-order chi connectivity index (χ1) is 12.1. The lowest BCUT2D eigenvalue weighted by atomic mass is 9.95. The largest absolute Gasteiger partial charge is 0.478 e. The van der Waals surface area contributed by atoms with Crippen LogP contribution >= 0.6 is 0 Å². The Hall–Kier alpha value is -2.69. The number of nitrogens with zero attached hydrogens (tertiary/aromatic N) is 1. The van der Waals surface area contributed by atoms with E-state index in [0.29, 0.717) is 17.6 Å². The van der Waals surface area contributed by atoms with Crippen molar-refractivity contribution in [3.63, 3.8) is 0 Å². The molecule has 0 saturated heterocycles. The second-order valence-corrected chi connectivity index (χ2v) is 6.46. The van der Waals surface area contributed by atoms with Crippen LogP contribution in [-0.4, -0.2) is 15.6 Å². The topological polar surface area (TPSA) is 42.2 Å². The van der Waals surface area contributed by atoms with Gasteiger partial charge in [0.25, 0.3) is 0 Å². The molecule has 0 amide bonds. The van der Waals surface area contributed by atoms with E-state index in [1.165, 1.54) is 12.1 Å². The molecule has 1 aliphatic rings. The van der Waals surface area contributed by atoms with Crippen LogP contribution in [0.3, 0.4) is 0 Å². The first-order valence-corrected chi connectivity index (χ1v) is 8.36. The monoisotopic (exact) mass is 341 g/mol. The number of fused-ring (bicyclic) bond motifs is 3. The summed E-state index contributed by atoms with van der Waals surface area (Å²) in [4.78, 5) is 11.5. The number of carboxylic acid groups (broad SMARTS) is 1. The number of aromatic nitrogens is 1. The summed E-state index contributed by atoms with van der Waals surface area (Å²) in [5.41, 5.74) is 3.65. The van der Waals surface area contributed by atoms with E-state index in [9.17, 15) is 18.7 Å². The van der Waals surface area contributed by atoms with Gasteiger partial charge in [-0.15, -0.1) is 0 Å². The van der Waals surface area contributed by atoms with Gasteiger partial charge in [-0.3, -0.25) is 0 Å². The van der Waals surface area contributed by atoms with E-state index >= 15 is 0 Å². The van der Waals surface area contributed by atoms with Gasteiger partial charge in [-0.05, 0) is 48.9 Å². The summed E-state index contributed by atoms with van der Waals surface area (Å²) in [7, 11) is 0. The molecule has 5 heteroatoms. The van der Waals surface area contributed by atoms with Gasteiger partial charge >= 0.3 is 5.97 Å². The highest BCUT2D eigenvalue weighted by Crippen LogP contribution is 2.34. The Labute approximate surface area is 143 Å². The van der Waals surface area contributed by atoms with E-state index in [1.807, 2.05) is 4.57 Å². The summed E-state index contributed by atoms with van der Waals surface area (Å²) in [5, 5.41) is 10.1. The third-order valence-electron chi connectivity index (χ3n) is 5.00. The van der Waals surface area contributed by atoms with Crippen molar-refractivity contribution in [1.82, 2.24) is 4.57 Å². The number of hydrogen-bond donors (Lipinski definition) is 1. The summed E-state index contributed by atoms with van der Waals surface area (Å²) >= 11 is 0. The third kappa shape index (κ3) is 2.60. The van der Waals surface area contributed by atoms with Crippen molar-refractivity contribution in [2.24, 2.45) is 0 Å². The number of aromatic carboxylic acids is 1. The molecule has 0 saturated carbocycles. The van der Waals surface area contributed by atoms with Gasteiger partial charge in [0, 0.05) is 23.7 Å². The van der Waals surface area contributed by atoms with Crippen LogP contribution in [-0.2, 0) is 19.4 Å². The average Bonchev–Trinajstić information content (AvgIpc) is 2.89. The second-order valence-electron chi connectivity index (χ2n) is 6.46. The van der Waals surface area contributed by atoms with E-state index < -0.39 is 17.6 Å². The quantitative estimate of drug-likeness (QED) is 0.760. The van der Waals surface area contributed by atoms with Crippen LogP contribution < -0.4 is 0 Å². The summed E-state index contributed by atoms with van der Waals surface area (Å²) in [6, 6.07) is 9.31. The Kier molecular flexibility index (Phi) is 3.79. The molecule has 4 rings (SSSR count). The highest BCUT2D eigenvalue weighted by molar-refractivity contribution is 5.90. The molecule has 3 nitrogen and oxygen atoms in total. The van der Waals surface area contributed by atoms with Crippen molar-refractivity contribution >= 4 is 16.9 Å². The zero-order chi connectivity index (χ0) is 17.6. The molecule has 0 aliphatic heterocycles. The molecular weight excluding hydrogens is 324 g/mol. The maximum atomic E-state index is 13.9. The SMILES string of the molecule is O=C(O)c1ccccc1Cn1c2c(c3cc(F)c(F)cc31)CCCC2. The maximum Gasteiger partial charge on any atom is 0.336 e. The average molecular weight is 341 g/mol. The summed E-state index contributed by atoms with van der Waals surface area (Å²) in [6.07, 6.45) is 3.72. The fraction of sp³-hybridized carbons (Fsp3) is 0.250. The lowest BCUT2D eigenvalue weighted by Gasteiger charge is -2.17. The number of aryl methyl sites for hydroxylation is 1. The minimum absolute atomic E-state index is 0.233. The minimum Gasteiger partial charge on any atom is -0.478 e. The van der Waals surface area contributed by atoms with E-state index in [-0.39, 0.29) is 5.56 Å². The Balaban J connectivity index is 1.93. The van der Waals surface area contributed by atoms with Crippen LogP contribution in [0.15, 0.2) is 36.4 Å². The summed E-state index contributed by atoms with van der Waals surface area (Å²) in [5.74, 6) is -2.71. The van der Waals surface area contributed by atoms with Gasteiger partial charge in [0.2, 0.25) is 0 Å². The Morgan fingerprint density at radius 3 is 2.60 bits per heavy atom. The standard InChI is InChI=1S/C20H17F2NO2/c21-16-9-15-14-7-3-4-8-18(14)23(19(15)10-17(16)22)11-12-5-1-2-6-13(12)20(24)25/h1-2,5-6,9-10H,3-4,7-8,11H2,(H,24,25). The van der Waals surface area contributed by atoms with Gasteiger partial charge < -0.3 is 9.67 Å². The third-order valence-corrected chi connectivity index (χ3v) is 5.00. The van der Waals surface area contributed by atoms with Crippen molar-refractivity contribution in [3.05, 3.63) is 70.4 Å². The van der Waals surface area contributed by atoms with E-state index in [4.69, 9.17) is 0 Å². The molecule has 0 unspecified atom stereocenters. The highest BCUT2D eigenvalue weighted by atomic mass is 19.2. The molecule has 1 aromatic heterocycles. The Morgan fingerprint density at radius 2 is 1.80 bits per heavy atom. The predicted molar refractivity (Wildman–Crippen MR) is 91.0 cm³/mol. The summed E-state index contributed by atoms with van der Waals surface area (Å²) in [6.45, 7) is 0.333. The molecule has 0 atom stereocenters. The lowest BCUT2D eigenvalue weighted by Crippen LogP contribution is -2.12. The van der Waals surface area contributed by atoms with Crippen LogP contribution in [0.1, 0.15) is 40.0 Å². The van der Waals surface area contributed by atoms with Gasteiger partial charge in [0.05, 0.1) is 11.1 Å². The van der Waals surface area contributed by atoms with E-state index in [0.717, 1.165) is 42.3 Å². The molecule has 2 aromatic carbocycles. The van der Waals surface area contributed by atoms with Gasteiger partial charge in [0.1, 0.15) is 0 Å². The van der Waals surface area contributed by atoms with Crippen molar-refractivity contribution in [1.29, 1.82) is 0 Å². The van der Waals surface area contributed by atoms with Crippen LogP contribution in [0.25, 0.3) is 10.9 Å². The highest BCUT2D eigenvalue weighted by Gasteiger charge is 2.22. The number of carbonyl (C=O) groups is 1. The van der Waals surface area contributed by atoms with Gasteiger partial charge in [-0.2, -0.15) is 0 Å². The first-order valence-electron chi connectivity index (χ1n) is 8.36. The fourth-order valence-electron chi connectivity index (χ4n) is 3.84. The first kappa shape index (κ1) is 15.8. The number of rotatable bonds is 3.